The van der Waals surface area contributed by atoms with Gasteiger partial charge in [-0.1, -0.05) is 48.0 Å². The SMILES string of the molecule is O=C(N[C@H]1CCC[C@@H](Nc2ncc(Cl)c(-c3cn(S(=O)(=O)c4ccccc4)c4ccccc34)n2)C1)c1ccc([N+](=O)[O-])cc1F. The number of benzene rings is 3. The largest absolute Gasteiger partial charge is 0.351 e. The van der Waals surface area contributed by atoms with Crippen molar-refractivity contribution in [3.05, 3.63) is 112 Å². The van der Waals surface area contributed by atoms with Crippen molar-refractivity contribution < 1.29 is 22.5 Å². The van der Waals surface area contributed by atoms with Crippen molar-refractivity contribution >= 4 is 50.1 Å². The maximum Gasteiger partial charge on any atom is 0.272 e. The topological polar surface area (TPSA) is 149 Å². The number of para-hydroxylation sites is 1. The van der Waals surface area contributed by atoms with Crippen molar-refractivity contribution in [2.45, 2.75) is 42.7 Å². The fourth-order valence-electron chi connectivity index (χ4n) is 5.57. The molecule has 0 radical (unpaired) electrons. The van der Waals surface area contributed by atoms with E-state index in [4.69, 9.17) is 11.6 Å². The molecule has 1 fully saturated rings. The van der Waals surface area contributed by atoms with Gasteiger partial charge in [0, 0.05) is 35.3 Å². The van der Waals surface area contributed by atoms with Crippen molar-refractivity contribution in [2.24, 2.45) is 0 Å². The van der Waals surface area contributed by atoms with Crippen LogP contribution in [0.1, 0.15) is 36.0 Å². The van der Waals surface area contributed by atoms with Crippen LogP contribution in [0.3, 0.4) is 0 Å². The minimum Gasteiger partial charge on any atom is -0.351 e. The van der Waals surface area contributed by atoms with Crippen LogP contribution in [0, 0.1) is 15.9 Å². The molecule has 1 aliphatic carbocycles. The quantitative estimate of drug-likeness (QED) is 0.149. The number of nitro groups is 1. The highest BCUT2D eigenvalue weighted by Crippen LogP contribution is 2.36. The van der Waals surface area contributed by atoms with Gasteiger partial charge in [0.1, 0.15) is 5.82 Å². The van der Waals surface area contributed by atoms with Gasteiger partial charge in [0.2, 0.25) is 5.95 Å². The van der Waals surface area contributed by atoms with Gasteiger partial charge in [-0.05, 0) is 49.9 Å². The fourth-order valence-corrected chi connectivity index (χ4v) is 7.15. The number of halogens is 2. The first-order chi connectivity index (χ1) is 21.6. The zero-order chi connectivity index (χ0) is 31.7. The third-order valence-electron chi connectivity index (χ3n) is 7.73. The highest BCUT2D eigenvalue weighted by atomic mass is 35.5. The van der Waals surface area contributed by atoms with E-state index in [9.17, 15) is 27.7 Å². The van der Waals surface area contributed by atoms with Gasteiger partial charge < -0.3 is 10.6 Å². The summed E-state index contributed by atoms with van der Waals surface area (Å²) in [5.74, 6) is -1.34. The van der Waals surface area contributed by atoms with Gasteiger partial charge >= 0.3 is 0 Å². The molecule has 2 aromatic heterocycles. The van der Waals surface area contributed by atoms with Crippen LogP contribution in [0.5, 0.6) is 0 Å². The second kappa shape index (κ2) is 12.3. The molecule has 0 spiro atoms. The van der Waals surface area contributed by atoms with E-state index in [-0.39, 0.29) is 33.5 Å². The molecule has 0 saturated heterocycles. The predicted molar refractivity (Wildman–Crippen MR) is 167 cm³/mol. The number of hydrogen-bond donors (Lipinski definition) is 2. The number of nitrogens with zero attached hydrogens (tertiary/aromatic N) is 4. The Morgan fingerprint density at radius 2 is 1.78 bits per heavy atom. The number of rotatable bonds is 8. The Hall–Kier alpha value is -4.88. The standard InChI is InChI=1S/C31H26ClFN6O5S/c32-26-17-34-31(36-20-8-6-7-19(15-20)35-30(40)24-14-13-21(39(41)42)16-27(24)33)37-29(26)25-18-38(28-12-5-4-11-23(25)28)45(43,44)22-9-2-1-3-10-22/h1-5,9-14,16-20H,6-8,15H2,(H,35,40)(H,34,36,37)/t19-,20+/m0/s1. The molecule has 45 heavy (non-hydrogen) atoms. The fraction of sp³-hybridized carbons (Fsp3) is 0.194. The Morgan fingerprint density at radius 3 is 2.53 bits per heavy atom. The normalized spacial score (nSPS) is 16.8. The second-order valence-electron chi connectivity index (χ2n) is 10.7. The van der Waals surface area contributed by atoms with E-state index in [0.29, 0.717) is 35.0 Å². The molecule has 3 aromatic carbocycles. The number of nitrogens with one attached hydrogen (secondary N) is 2. The molecule has 14 heteroatoms. The molecule has 1 amide bonds. The van der Waals surface area contributed by atoms with Crippen LogP contribution in [0.15, 0.2) is 90.1 Å². The molecule has 1 aliphatic rings. The number of fused-ring (bicyclic) bond motifs is 1. The Morgan fingerprint density at radius 1 is 1.04 bits per heavy atom. The summed E-state index contributed by atoms with van der Waals surface area (Å²) in [7, 11) is -3.92. The number of aromatic nitrogens is 3. The van der Waals surface area contributed by atoms with Gasteiger partial charge in [0.15, 0.2) is 0 Å². The van der Waals surface area contributed by atoms with Gasteiger partial charge in [-0.3, -0.25) is 14.9 Å². The molecule has 2 heterocycles. The van der Waals surface area contributed by atoms with Crippen molar-refractivity contribution in [1.82, 2.24) is 19.3 Å². The average Bonchev–Trinajstić information content (AvgIpc) is 3.43. The zero-order valence-electron chi connectivity index (χ0n) is 23.6. The smallest absolute Gasteiger partial charge is 0.272 e. The van der Waals surface area contributed by atoms with Gasteiger partial charge in [-0.15, -0.1) is 0 Å². The molecule has 2 N–H and O–H groups in total. The summed E-state index contributed by atoms with van der Waals surface area (Å²) in [4.78, 5) is 32.1. The Kier molecular flexibility index (Phi) is 8.21. The number of non-ortho nitro benzene ring substituents is 1. The van der Waals surface area contributed by atoms with Crippen molar-refractivity contribution in [2.75, 3.05) is 5.32 Å². The van der Waals surface area contributed by atoms with Crippen LogP contribution in [0.25, 0.3) is 22.2 Å². The van der Waals surface area contributed by atoms with E-state index in [1.165, 1.54) is 28.5 Å². The number of carbonyl (C=O) groups excluding carboxylic acids is 1. The first-order valence-corrected chi connectivity index (χ1v) is 15.9. The van der Waals surface area contributed by atoms with Crippen LogP contribution in [-0.2, 0) is 10.0 Å². The van der Waals surface area contributed by atoms with E-state index in [2.05, 4.69) is 20.6 Å². The third-order valence-corrected chi connectivity index (χ3v) is 9.69. The van der Waals surface area contributed by atoms with Crippen molar-refractivity contribution in [1.29, 1.82) is 0 Å². The summed E-state index contributed by atoms with van der Waals surface area (Å²) in [5, 5.41) is 17.9. The first-order valence-electron chi connectivity index (χ1n) is 14.1. The summed E-state index contributed by atoms with van der Waals surface area (Å²) in [6.07, 6.45) is 5.64. The van der Waals surface area contributed by atoms with E-state index in [1.54, 1.807) is 42.5 Å². The minimum absolute atomic E-state index is 0.139. The van der Waals surface area contributed by atoms with Gasteiger partial charge in [0.25, 0.3) is 21.6 Å². The monoisotopic (exact) mass is 648 g/mol. The van der Waals surface area contributed by atoms with E-state index in [0.717, 1.165) is 31.0 Å². The second-order valence-corrected chi connectivity index (χ2v) is 12.9. The Bertz CT molecular complexity index is 2040. The minimum atomic E-state index is -3.92. The molecule has 1 saturated carbocycles. The summed E-state index contributed by atoms with van der Waals surface area (Å²) in [6, 6.07) is 17.7. The van der Waals surface area contributed by atoms with Crippen LogP contribution in [-0.4, -0.2) is 45.3 Å². The van der Waals surface area contributed by atoms with Crippen LogP contribution in [0.4, 0.5) is 16.0 Å². The highest BCUT2D eigenvalue weighted by molar-refractivity contribution is 7.90. The van der Waals surface area contributed by atoms with E-state index in [1.807, 2.05) is 0 Å². The molecule has 0 unspecified atom stereocenters. The van der Waals surface area contributed by atoms with E-state index >= 15 is 0 Å². The lowest BCUT2D eigenvalue weighted by molar-refractivity contribution is -0.385. The lowest BCUT2D eigenvalue weighted by atomic mass is 9.91. The Balaban J connectivity index is 1.23. The third kappa shape index (κ3) is 6.08. The zero-order valence-corrected chi connectivity index (χ0v) is 25.1. The number of anilines is 1. The maximum atomic E-state index is 14.4. The van der Waals surface area contributed by atoms with Crippen LogP contribution < -0.4 is 10.6 Å². The number of hydrogen-bond acceptors (Lipinski definition) is 8. The molecule has 6 rings (SSSR count). The number of nitro benzene ring substituents is 1. The van der Waals surface area contributed by atoms with Gasteiger partial charge in [0.05, 0.1) is 43.9 Å². The maximum absolute atomic E-state index is 14.4. The van der Waals surface area contributed by atoms with Crippen LogP contribution >= 0.6 is 11.6 Å². The number of amides is 1. The van der Waals surface area contributed by atoms with Gasteiger partial charge in [-0.25, -0.2) is 26.7 Å². The molecule has 0 aliphatic heterocycles. The summed E-state index contributed by atoms with van der Waals surface area (Å²) in [6.45, 7) is 0. The lowest BCUT2D eigenvalue weighted by Crippen LogP contribution is -2.42. The number of carbonyl (C=O) groups is 1. The average molecular weight is 649 g/mol. The first kappa shape index (κ1) is 30.2. The summed E-state index contributed by atoms with van der Waals surface area (Å²) < 4.78 is 42.8. The van der Waals surface area contributed by atoms with Crippen molar-refractivity contribution in [3.8, 4) is 11.3 Å². The Labute approximate surface area is 262 Å². The summed E-state index contributed by atoms with van der Waals surface area (Å²) in [5.41, 5.74) is 0.627. The van der Waals surface area contributed by atoms with Gasteiger partial charge in [-0.2, -0.15) is 0 Å². The predicted octanol–water partition coefficient (Wildman–Crippen LogP) is 6.19. The van der Waals surface area contributed by atoms with E-state index < -0.39 is 32.4 Å². The molecular weight excluding hydrogens is 623 g/mol. The lowest BCUT2D eigenvalue weighted by Gasteiger charge is -2.30. The molecule has 230 valence electrons. The molecule has 0 bridgehead atoms. The molecule has 5 aromatic rings. The molecule has 11 nitrogen and oxygen atoms in total. The van der Waals surface area contributed by atoms with Crippen LogP contribution in [0.2, 0.25) is 5.02 Å². The molecular formula is C31H26ClFN6O5S. The summed E-state index contributed by atoms with van der Waals surface area (Å²) >= 11 is 6.57. The van der Waals surface area contributed by atoms with Crippen molar-refractivity contribution in [3.63, 3.8) is 0 Å². The highest BCUT2D eigenvalue weighted by Gasteiger charge is 2.27. The molecule has 2 atom stereocenters.